The third-order valence-electron chi connectivity index (χ3n) is 5.02. The van der Waals surface area contributed by atoms with E-state index in [0.29, 0.717) is 5.56 Å². The molecule has 2 heterocycles. The Morgan fingerprint density at radius 3 is 2.42 bits per heavy atom. The minimum atomic E-state index is -0.922. The second kappa shape index (κ2) is 5.91. The standard InChI is InChI=1S/C19H20N4O3/c1-19(2)14-9-12(7-8-13(14)17(24)20-19)10-3-5-11(6-4-10)15-16(18(25)26)22-23-21-15/h3-9,15-16,21-23H,1-2H3,(H,20,24)(H,25,26). The topological polar surface area (TPSA) is 102 Å². The largest absolute Gasteiger partial charge is 0.480 e. The Hall–Kier alpha value is -2.74. The lowest BCUT2D eigenvalue weighted by Gasteiger charge is -2.19. The number of fused-ring (bicyclic) bond motifs is 1. The summed E-state index contributed by atoms with van der Waals surface area (Å²) in [7, 11) is 0. The van der Waals surface area contributed by atoms with Crippen LogP contribution in [0.5, 0.6) is 0 Å². The quantitative estimate of drug-likeness (QED) is 0.573. The molecule has 1 amide bonds. The fourth-order valence-corrected chi connectivity index (χ4v) is 3.58. The predicted molar refractivity (Wildman–Crippen MR) is 95.9 cm³/mol. The van der Waals surface area contributed by atoms with Crippen LogP contribution >= 0.6 is 0 Å². The minimum Gasteiger partial charge on any atom is -0.480 e. The van der Waals surface area contributed by atoms with Crippen molar-refractivity contribution in [3.63, 3.8) is 0 Å². The van der Waals surface area contributed by atoms with E-state index in [4.69, 9.17) is 0 Å². The number of amides is 1. The van der Waals surface area contributed by atoms with Gasteiger partial charge in [-0.25, -0.2) is 10.9 Å². The molecule has 1 fully saturated rings. The molecule has 1 saturated heterocycles. The van der Waals surface area contributed by atoms with E-state index in [-0.39, 0.29) is 17.5 Å². The van der Waals surface area contributed by atoms with Gasteiger partial charge in [-0.3, -0.25) is 9.59 Å². The van der Waals surface area contributed by atoms with Crippen molar-refractivity contribution < 1.29 is 14.7 Å². The first kappa shape index (κ1) is 16.7. The number of hydrogen-bond donors (Lipinski definition) is 5. The highest BCUT2D eigenvalue weighted by molar-refractivity contribution is 6.00. The number of nitrogens with one attached hydrogen (secondary N) is 4. The van der Waals surface area contributed by atoms with Crippen LogP contribution in [-0.4, -0.2) is 23.0 Å². The lowest BCUT2D eigenvalue weighted by Crippen LogP contribution is -2.38. The summed E-state index contributed by atoms with van der Waals surface area (Å²) in [6.45, 7) is 3.98. The molecule has 2 atom stereocenters. The number of aliphatic carboxylic acids is 1. The molecule has 7 nitrogen and oxygen atoms in total. The molecule has 2 unspecified atom stereocenters. The highest BCUT2D eigenvalue weighted by Gasteiger charge is 2.35. The summed E-state index contributed by atoms with van der Waals surface area (Å²) in [6.07, 6.45) is 0. The van der Waals surface area contributed by atoms with Crippen molar-refractivity contribution in [2.45, 2.75) is 31.5 Å². The SMILES string of the molecule is CC1(C)NC(=O)c2ccc(-c3ccc(C4NNNC4C(=O)O)cc3)cc21. The highest BCUT2D eigenvalue weighted by atomic mass is 16.4. The van der Waals surface area contributed by atoms with Crippen LogP contribution < -0.4 is 21.7 Å². The molecule has 4 rings (SSSR count). The monoisotopic (exact) mass is 352 g/mol. The second-order valence-electron chi connectivity index (χ2n) is 7.17. The number of benzene rings is 2. The molecule has 7 heteroatoms. The first-order valence-electron chi connectivity index (χ1n) is 8.43. The Labute approximate surface area is 150 Å². The Morgan fingerprint density at radius 1 is 1.04 bits per heavy atom. The maximum Gasteiger partial charge on any atom is 0.324 e. The Balaban J connectivity index is 1.64. The maximum absolute atomic E-state index is 12.0. The van der Waals surface area contributed by atoms with E-state index in [1.165, 1.54) is 0 Å². The minimum absolute atomic E-state index is 0.0427. The Kier molecular flexibility index (Phi) is 3.80. The molecular weight excluding hydrogens is 332 g/mol. The van der Waals surface area contributed by atoms with E-state index in [1.54, 1.807) is 0 Å². The second-order valence-corrected chi connectivity index (χ2v) is 7.17. The van der Waals surface area contributed by atoms with Crippen molar-refractivity contribution in [1.29, 1.82) is 0 Å². The summed E-state index contributed by atoms with van der Waals surface area (Å²) >= 11 is 0. The fraction of sp³-hybridized carbons (Fsp3) is 0.263. The number of rotatable bonds is 3. The lowest BCUT2D eigenvalue weighted by molar-refractivity contribution is -0.139. The van der Waals surface area contributed by atoms with Gasteiger partial charge in [-0.05, 0) is 48.2 Å². The molecule has 26 heavy (non-hydrogen) atoms. The van der Waals surface area contributed by atoms with E-state index in [1.807, 2.05) is 56.3 Å². The lowest BCUT2D eigenvalue weighted by atomic mass is 9.90. The van der Waals surface area contributed by atoms with Gasteiger partial charge in [0.1, 0.15) is 6.04 Å². The molecule has 0 aliphatic carbocycles. The summed E-state index contributed by atoms with van der Waals surface area (Å²) in [5, 5.41) is 12.2. The van der Waals surface area contributed by atoms with Crippen LogP contribution in [0.25, 0.3) is 11.1 Å². The highest BCUT2D eigenvalue weighted by Crippen LogP contribution is 2.34. The maximum atomic E-state index is 12.0. The Morgan fingerprint density at radius 2 is 1.73 bits per heavy atom. The molecular formula is C19H20N4O3. The van der Waals surface area contributed by atoms with Gasteiger partial charge in [0.15, 0.2) is 0 Å². The summed E-state index contributed by atoms with van der Waals surface area (Å²) in [6, 6.07) is 12.5. The molecule has 2 aromatic rings. The van der Waals surface area contributed by atoms with E-state index >= 15 is 0 Å². The molecule has 0 saturated carbocycles. The van der Waals surface area contributed by atoms with Crippen molar-refractivity contribution in [1.82, 2.24) is 21.7 Å². The number of hydrazine groups is 2. The summed E-state index contributed by atoms with van der Waals surface area (Å²) in [4.78, 5) is 23.3. The molecule has 2 aliphatic rings. The summed E-state index contributed by atoms with van der Waals surface area (Å²) in [5.74, 6) is -0.964. The molecule has 134 valence electrons. The van der Waals surface area contributed by atoms with E-state index in [9.17, 15) is 14.7 Å². The van der Waals surface area contributed by atoms with Crippen LogP contribution in [-0.2, 0) is 10.3 Å². The summed E-state index contributed by atoms with van der Waals surface area (Å²) < 4.78 is 0. The van der Waals surface area contributed by atoms with Crippen molar-refractivity contribution in [3.8, 4) is 11.1 Å². The van der Waals surface area contributed by atoms with Gasteiger partial charge in [0.05, 0.1) is 11.6 Å². The van der Waals surface area contributed by atoms with Crippen LogP contribution in [0.2, 0.25) is 0 Å². The molecule has 0 aromatic heterocycles. The van der Waals surface area contributed by atoms with Gasteiger partial charge in [0.25, 0.3) is 5.91 Å². The van der Waals surface area contributed by atoms with Crippen LogP contribution in [0.4, 0.5) is 0 Å². The van der Waals surface area contributed by atoms with Gasteiger partial charge in [-0.1, -0.05) is 30.3 Å². The van der Waals surface area contributed by atoms with Gasteiger partial charge in [0, 0.05) is 5.56 Å². The number of carbonyl (C=O) groups excluding carboxylic acids is 1. The van der Waals surface area contributed by atoms with Crippen LogP contribution in [0, 0.1) is 0 Å². The van der Waals surface area contributed by atoms with Crippen molar-refractivity contribution >= 4 is 11.9 Å². The number of carboxylic acid groups (broad SMARTS) is 1. The zero-order chi connectivity index (χ0) is 18.5. The average molecular weight is 352 g/mol. The van der Waals surface area contributed by atoms with Gasteiger partial charge in [-0.2, -0.15) is 5.53 Å². The third-order valence-corrected chi connectivity index (χ3v) is 5.02. The number of carboxylic acids is 1. The van der Waals surface area contributed by atoms with Gasteiger partial charge < -0.3 is 10.4 Å². The molecule has 0 spiro atoms. The van der Waals surface area contributed by atoms with Crippen LogP contribution in [0.1, 0.15) is 41.4 Å². The fourth-order valence-electron chi connectivity index (χ4n) is 3.58. The molecule has 5 N–H and O–H groups in total. The predicted octanol–water partition coefficient (Wildman–Crippen LogP) is 1.44. The normalized spacial score (nSPS) is 23.5. The molecule has 0 radical (unpaired) electrons. The average Bonchev–Trinajstić information content (AvgIpc) is 3.18. The van der Waals surface area contributed by atoms with Crippen molar-refractivity contribution in [3.05, 3.63) is 59.2 Å². The zero-order valence-electron chi connectivity index (χ0n) is 14.5. The molecule has 0 bridgehead atoms. The first-order valence-corrected chi connectivity index (χ1v) is 8.43. The van der Waals surface area contributed by atoms with Crippen molar-refractivity contribution in [2.24, 2.45) is 0 Å². The van der Waals surface area contributed by atoms with Crippen LogP contribution in [0.15, 0.2) is 42.5 Å². The smallest absolute Gasteiger partial charge is 0.324 e. The van der Waals surface area contributed by atoms with E-state index in [0.717, 1.165) is 22.3 Å². The zero-order valence-corrected chi connectivity index (χ0v) is 14.5. The van der Waals surface area contributed by atoms with Gasteiger partial charge >= 0.3 is 5.97 Å². The molecule has 2 aromatic carbocycles. The van der Waals surface area contributed by atoms with Crippen LogP contribution in [0.3, 0.4) is 0 Å². The van der Waals surface area contributed by atoms with Gasteiger partial charge in [-0.15, -0.1) is 0 Å². The summed E-state index contributed by atoms with van der Waals surface area (Å²) in [5.41, 5.74) is 12.5. The van der Waals surface area contributed by atoms with E-state index in [2.05, 4.69) is 21.7 Å². The Bertz CT molecular complexity index is 892. The molecule has 2 aliphatic heterocycles. The van der Waals surface area contributed by atoms with Gasteiger partial charge in [0.2, 0.25) is 0 Å². The van der Waals surface area contributed by atoms with Crippen molar-refractivity contribution in [2.75, 3.05) is 0 Å². The van der Waals surface area contributed by atoms with E-state index < -0.39 is 12.0 Å². The third kappa shape index (κ3) is 2.66. The number of hydrogen-bond acceptors (Lipinski definition) is 5. The number of carbonyl (C=O) groups is 2. The first-order chi connectivity index (χ1) is 12.4.